The van der Waals surface area contributed by atoms with Gasteiger partial charge in [0.15, 0.2) is 0 Å². The van der Waals surface area contributed by atoms with Crippen molar-refractivity contribution >= 4 is 12.1 Å². The van der Waals surface area contributed by atoms with Crippen LogP contribution in [0.2, 0.25) is 0 Å². The number of fused-ring (bicyclic) bond motifs is 1. The third kappa shape index (κ3) is 4.03. The number of alkyl carbamates (subject to hydrolysis) is 1. The fourth-order valence-corrected chi connectivity index (χ4v) is 3.18. The van der Waals surface area contributed by atoms with Gasteiger partial charge in [0, 0.05) is 12.0 Å². The Hall–Kier alpha value is -2.04. The summed E-state index contributed by atoms with van der Waals surface area (Å²) in [7, 11) is 1.38. The number of esters is 1. The average Bonchev–Trinajstić information content (AvgIpc) is 2.81. The Kier molecular flexibility index (Phi) is 4.97. The van der Waals surface area contributed by atoms with Crippen LogP contribution in [0.5, 0.6) is 0 Å². The molecule has 126 valence electrons. The number of ether oxygens (including phenoxy) is 2. The summed E-state index contributed by atoms with van der Waals surface area (Å²) in [5.74, 6) is -0.738. The Bertz CT molecular complexity index is 591. The van der Waals surface area contributed by atoms with Crippen molar-refractivity contribution in [3.63, 3.8) is 0 Å². The SMILES string of the molecule is COC(=O)C(C)[C@@H]1c2ccccc2C[C@H]1NC(=O)OC(C)(C)C. The molecule has 5 nitrogen and oxygen atoms in total. The van der Waals surface area contributed by atoms with Crippen molar-refractivity contribution in [2.24, 2.45) is 5.92 Å². The molecule has 0 heterocycles. The lowest BCUT2D eigenvalue weighted by Gasteiger charge is -2.27. The van der Waals surface area contributed by atoms with Crippen LogP contribution in [0.25, 0.3) is 0 Å². The number of rotatable bonds is 3. The molecule has 0 spiro atoms. The molecular formula is C18H25NO4. The van der Waals surface area contributed by atoms with E-state index in [0.29, 0.717) is 6.42 Å². The number of hydrogen-bond acceptors (Lipinski definition) is 4. The van der Waals surface area contributed by atoms with Crippen LogP contribution >= 0.6 is 0 Å². The summed E-state index contributed by atoms with van der Waals surface area (Å²) in [5, 5.41) is 2.92. The molecule has 0 aromatic heterocycles. The highest BCUT2D eigenvalue weighted by molar-refractivity contribution is 5.74. The second-order valence-electron chi connectivity index (χ2n) is 6.99. The van der Waals surface area contributed by atoms with Gasteiger partial charge >= 0.3 is 12.1 Å². The number of carbonyl (C=O) groups is 2. The van der Waals surface area contributed by atoms with Crippen LogP contribution in [-0.4, -0.2) is 30.8 Å². The molecule has 1 N–H and O–H groups in total. The number of carbonyl (C=O) groups excluding carboxylic acids is 2. The second-order valence-corrected chi connectivity index (χ2v) is 6.99. The molecule has 23 heavy (non-hydrogen) atoms. The summed E-state index contributed by atoms with van der Waals surface area (Å²) >= 11 is 0. The van der Waals surface area contributed by atoms with Crippen molar-refractivity contribution in [1.82, 2.24) is 5.32 Å². The molecule has 0 fully saturated rings. The zero-order valence-corrected chi connectivity index (χ0v) is 14.4. The quantitative estimate of drug-likeness (QED) is 0.870. The zero-order valence-electron chi connectivity index (χ0n) is 14.4. The van der Waals surface area contributed by atoms with E-state index in [1.807, 2.05) is 52.0 Å². The van der Waals surface area contributed by atoms with Crippen molar-refractivity contribution in [1.29, 1.82) is 0 Å². The molecule has 1 amide bonds. The van der Waals surface area contributed by atoms with Gasteiger partial charge in [0.05, 0.1) is 13.0 Å². The molecule has 1 aromatic carbocycles. The third-order valence-electron chi connectivity index (χ3n) is 4.10. The Morgan fingerprint density at radius 3 is 2.52 bits per heavy atom. The average molecular weight is 319 g/mol. The van der Waals surface area contributed by atoms with Crippen LogP contribution in [0.3, 0.4) is 0 Å². The lowest BCUT2D eigenvalue weighted by atomic mass is 9.86. The minimum absolute atomic E-state index is 0.119. The van der Waals surface area contributed by atoms with Gasteiger partial charge in [-0.05, 0) is 38.3 Å². The van der Waals surface area contributed by atoms with Crippen molar-refractivity contribution in [3.8, 4) is 0 Å². The van der Waals surface area contributed by atoms with Crippen LogP contribution < -0.4 is 5.32 Å². The lowest BCUT2D eigenvalue weighted by Crippen LogP contribution is -2.43. The van der Waals surface area contributed by atoms with E-state index in [4.69, 9.17) is 9.47 Å². The molecule has 1 aliphatic rings. The molecule has 1 unspecified atom stereocenters. The number of amides is 1. The van der Waals surface area contributed by atoms with E-state index in [1.54, 1.807) is 0 Å². The van der Waals surface area contributed by atoms with Gasteiger partial charge in [-0.3, -0.25) is 4.79 Å². The molecule has 1 aromatic rings. The number of benzene rings is 1. The molecule has 0 saturated heterocycles. The molecule has 0 saturated carbocycles. The summed E-state index contributed by atoms with van der Waals surface area (Å²) < 4.78 is 10.2. The maximum absolute atomic E-state index is 12.1. The van der Waals surface area contributed by atoms with E-state index < -0.39 is 11.7 Å². The van der Waals surface area contributed by atoms with Gasteiger partial charge in [-0.1, -0.05) is 31.2 Å². The van der Waals surface area contributed by atoms with Crippen molar-refractivity contribution in [2.45, 2.75) is 51.7 Å². The van der Waals surface area contributed by atoms with E-state index in [1.165, 1.54) is 7.11 Å². The standard InChI is InChI=1S/C18H25NO4/c1-11(16(20)22-5)15-13-9-7-6-8-12(13)10-14(15)19-17(21)23-18(2,3)4/h6-9,11,14-15H,10H2,1-5H3,(H,19,21)/t11?,14-,15-/m1/s1. The Labute approximate surface area is 137 Å². The first-order chi connectivity index (χ1) is 10.7. The fraction of sp³-hybridized carbons (Fsp3) is 0.556. The first-order valence-corrected chi connectivity index (χ1v) is 7.88. The van der Waals surface area contributed by atoms with Crippen LogP contribution in [0.4, 0.5) is 4.79 Å². The summed E-state index contributed by atoms with van der Waals surface area (Å²) in [6.45, 7) is 7.31. The predicted octanol–water partition coefficient (Wildman–Crippen LogP) is 3.03. The molecule has 1 aliphatic carbocycles. The van der Waals surface area contributed by atoms with Crippen molar-refractivity contribution in [2.75, 3.05) is 7.11 Å². The van der Waals surface area contributed by atoms with Crippen LogP contribution in [-0.2, 0) is 20.7 Å². The Balaban J connectivity index is 2.22. The van der Waals surface area contributed by atoms with Gasteiger partial charge in [0.25, 0.3) is 0 Å². The third-order valence-corrected chi connectivity index (χ3v) is 4.10. The largest absolute Gasteiger partial charge is 0.469 e. The van der Waals surface area contributed by atoms with E-state index in [2.05, 4.69) is 5.32 Å². The minimum atomic E-state index is -0.557. The smallest absolute Gasteiger partial charge is 0.407 e. The summed E-state index contributed by atoms with van der Waals surface area (Å²) in [6.07, 6.45) is 0.221. The second kappa shape index (κ2) is 6.60. The van der Waals surface area contributed by atoms with Crippen LogP contribution in [0, 0.1) is 5.92 Å². The zero-order chi connectivity index (χ0) is 17.2. The van der Waals surface area contributed by atoms with Gasteiger partial charge in [0.1, 0.15) is 5.60 Å². The molecule has 2 rings (SSSR count). The highest BCUT2D eigenvalue weighted by Gasteiger charge is 2.40. The number of methoxy groups -OCH3 is 1. The molecular weight excluding hydrogens is 294 g/mol. The van der Waals surface area contributed by atoms with E-state index in [-0.39, 0.29) is 23.8 Å². The van der Waals surface area contributed by atoms with Gasteiger partial charge in [-0.15, -0.1) is 0 Å². The first-order valence-electron chi connectivity index (χ1n) is 7.88. The molecule has 5 heteroatoms. The maximum atomic E-state index is 12.1. The van der Waals surface area contributed by atoms with Crippen LogP contribution in [0.15, 0.2) is 24.3 Å². The lowest BCUT2D eigenvalue weighted by molar-refractivity contribution is -0.145. The normalized spacial score (nSPS) is 21.3. The molecule has 0 aliphatic heterocycles. The van der Waals surface area contributed by atoms with E-state index >= 15 is 0 Å². The van der Waals surface area contributed by atoms with E-state index in [9.17, 15) is 9.59 Å². The summed E-state index contributed by atoms with van der Waals surface area (Å²) in [6, 6.07) is 7.77. The predicted molar refractivity (Wildman–Crippen MR) is 87.2 cm³/mol. The Morgan fingerprint density at radius 2 is 1.91 bits per heavy atom. The van der Waals surface area contributed by atoms with Crippen molar-refractivity contribution in [3.05, 3.63) is 35.4 Å². The molecule has 0 radical (unpaired) electrons. The monoisotopic (exact) mass is 319 g/mol. The fourth-order valence-electron chi connectivity index (χ4n) is 3.18. The molecule has 3 atom stereocenters. The minimum Gasteiger partial charge on any atom is -0.469 e. The van der Waals surface area contributed by atoms with Crippen LogP contribution in [0.1, 0.15) is 44.7 Å². The van der Waals surface area contributed by atoms with Gasteiger partial charge in [-0.2, -0.15) is 0 Å². The van der Waals surface area contributed by atoms with Gasteiger partial charge < -0.3 is 14.8 Å². The molecule has 0 bridgehead atoms. The maximum Gasteiger partial charge on any atom is 0.407 e. The first kappa shape index (κ1) is 17.3. The van der Waals surface area contributed by atoms with Gasteiger partial charge in [-0.25, -0.2) is 4.79 Å². The number of hydrogen-bond donors (Lipinski definition) is 1. The summed E-state index contributed by atoms with van der Waals surface area (Å²) in [4.78, 5) is 24.1. The van der Waals surface area contributed by atoms with Crippen molar-refractivity contribution < 1.29 is 19.1 Å². The van der Waals surface area contributed by atoms with Gasteiger partial charge in [0.2, 0.25) is 0 Å². The highest BCUT2D eigenvalue weighted by Crippen LogP contribution is 2.39. The number of nitrogens with one attached hydrogen (secondary N) is 1. The topological polar surface area (TPSA) is 64.6 Å². The van der Waals surface area contributed by atoms with E-state index in [0.717, 1.165) is 11.1 Å². The Morgan fingerprint density at radius 1 is 1.26 bits per heavy atom. The highest BCUT2D eigenvalue weighted by atomic mass is 16.6. The summed E-state index contributed by atoms with van der Waals surface area (Å²) in [5.41, 5.74) is 1.68.